The monoisotopic (exact) mass is 292 g/mol. The first-order valence-corrected chi connectivity index (χ1v) is 6.28. The van der Waals surface area contributed by atoms with Gasteiger partial charge in [0.1, 0.15) is 0 Å². The van der Waals surface area contributed by atoms with Crippen LogP contribution in [0.25, 0.3) is 5.65 Å². The van der Waals surface area contributed by atoms with Gasteiger partial charge < -0.3 is 15.2 Å². The van der Waals surface area contributed by atoms with Crippen molar-refractivity contribution in [3.63, 3.8) is 0 Å². The topological polar surface area (TPSA) is 106 Å². The number of methoxy groups -OCH3 is 1. The summed E-state index contributed by atoms with van der Waals surface area (Å²) < 4.78 is 6.33. The summed E-state index contributed by atoms with van der Waals surface area (Å²) in [4.78, 5) is 27.4. The molecule has 0 saturated carbocycles. The highest BCUT2D eigenvalue weighted by molar-refractivity contribution is 5.97. The smallest absolute Gasteiger partial charge is 0.328 e. The molecule has 21 heavy (non-hydrogen) atoms. The lowest BCUT2D eigenvalue weighted by molar-refractivity contribution is -0.140. The van der Waals surface area contributed by atoms with Gasteiger partial charge in [0.05, 0.1) is 23.6 Å². The van der Waals surface area contributed by atoms with E-state index in [1.54, 1.807) is 17.5 Å². The molecule has 112 valence electrons. The van der Waals surface area contributed by atoms with Crippen LogP contribution in [0.4, 0.5) is 0 Å². The first-order chi connectivity index (χ1) is 9.93. The minimum atomic E-state index is -1.16. The summed E-state index contributed by atoms with van der Waals surface area (Å²) in [5.41, 5.74) is 2.28. The zero-order chi connectivity index (χ0) is 15.6. The van der Waals surface area contributed by atoms with Gasteiger partial charge in [0, 0.05) is 19.4 Å². The van der Waals surface area contributed by atoms with Gasteiger partial charge in [0.25, 0.3) is 5.91 Å². The molecule has 0 radical (unpaired) electrons. The number of rotatable bonds is 5. The second kappa shape index (κ2) is 5.88. The molecule has 0 aliphatic rings. The Balaban J connectivity index is 2.30. The number of carboxylic acids is 1. The van der Waals surface area contributed by atoms with Crippen molar-refractivity contribution in [2.24, 2.45) is 0 Å². The molecule has 0 aliphatic carbocycles. The van der Waals surface area contributed by atoms with Gasteiger partial charge in [-0.1, -0.05) is 0 Å². The maximum absolute atomic E-state index is 12.2. The number of aryl methyl sites for hydroxylation is 2. The predicted molar refractivity (Wildman–Crippen MR) is 73.2 cm³/mol. The molecule has 2 aromatic rings. The molecule has 0 aromatic carbocycles. The molecule has 2 rings (SSSR count). The molecule has 2 heterocycles. The van der Waals surface area contributed by atoms with E-state index in [0.29, 0.717) is 11.3 Å². The van der Waals surface area contributed by atoms with Crippen LogP contribution in [-0.4, -0.2) is 51.3 Å². The first kappa shape index (κ1) is 14.9. The van der Waals surface area contributed by atoms with E-state index in [9.17, 15) is 9.59 Å². The highest BCUT2D eigenvalue weighted by Gasteiger charge is 2.22. The van der Waals surface area contributed by atoms with Crippen LogP contribution in [0.3, 0.4) is 0 Å². The van der Waals surface area contributed by atoms with Crippen LogP contribution >= 0.6 is 0 Å². The fraction of sp³-hybridized carbons (Fsp3) is 0.385. The molecule has 0 bridgehead atoms. The van der Waals surface area contributed by atoms with Gasteiger partial charge in [-0.25, -0.2) is 14.3 Å². The van der Waals surface area contributed by atoms with Crippen molar-refractivity contribution in [1.29, 1.82) is 0 Å². The fourth-order valence-corrected chi connectivity index (χ4v) is 1.96. The van der Waals surface area contributed by atoms with E-state index < -0.39 is 17.9 Å². The molecular weight excluding hydrogens is 276 g/mol. The second-order valence-corrected chi connectivity index (χ2v) is 4.63. The van der Waals surface area contributed by atoms with Gasteiger partial charge in [0.2, 0.25) is 0 Å². The van der Waals surface area contributed by atoms with Crippen molar-refractivity contribution in [3.8, 4) is 0 Å². The summed E-state index contributed by atoms with van der Waals surface area (Å²) in [6.07, 6.45) is 1.41. The predicted octanol–water partition coefficient (Wildman–Crippen LogP) is 0.176. The van der Waals surface area contributed by atoms with Crippen LogP contribution in [0.5, 0.6) is 0 Å². The third-order valence-electron chi connectivity index (χ3n) is 3.03. The largest absolute Gasteiger partial charge is 0.480 e. The fourth-order valence-electron chi connectivity index (χ4n) is 1.96. The number of nitrogens with one attached hydrogen (secondary N) is 1. The van der Waals surface area contributed by atoms with Gasteiger partial charge in [0.15, 0.2) is 11.7 Å². The average molecular weight is 292 g/mol. The van der Waals surface area contributed by atoms with E-state index in [2.05, 4.69) is 15.4 Å². The van der Waals surface area contributed by atoms with E-state index in [-0.39, 0.29) is 12.2 Å². The lowest BCUT2D eigenvalue weighted by Gasteiger charge is -2.14. The van der Waals surface area contributed by atoms with Crippen LogP contribution < -0.4 is 5.32 Å². The number of carbonyl (C=O) groups excluding carboxylic acids is 1. The Labute approximate surface area is 120 Å². The number of carboxylic acid groups (broad SMARTS) is 1. The molecule has 8 nitrogen and oxygen atoms in total. The summed E-state index contributed by atoms with van der Waals surface area (Å²) in [5.74, 6) is -1.69. The van der Waals surface area contributed by atoms with Crippen molar-refractivity contribution in [2.45, 2.75) is 19.9 Å². The maximum Gasteiger partial charge on any atom is 0.328 e. The molecule has 2 aromatic heterocycles. The van der Waals surface area contributed by atoms with Gasteiger partial charge >= 0.3 is 5.97 Å². The van der Waals surface area contributed by atoms with E-state index in [0.717, 1.165) is 5.69 Å². The maximum atomic E-state index is 12.2. The number of aliphatic carboxylic acids is 1. The molecule has 1 amide bonds. The molecule has 1 atom stereocenters. The number of nitrogens with zero attached hydrogens (tertiary/aromatic N) is 3. The second-order valence-electron chi connectivity index (χ2n) is 4.63. The van der Waals surface area contributed by atoms with Crippen molar-refractivity contribution in [1.82, 2.24) is 19.9 Å². The highest BCUT2D eigenvalue weighted by atomic mass is 16.5. The summed E-state index contributed by atoms with van der Waals surface area (Å²) in [7, 11) is 1.37. The summed E-state index contributed by atoms with van der Waals surface area (Å²) in [6.45, 7) is 3.44. The van der Waals surface area contributed by atoms with Gasteiger partial charge in [-0.15, -0.1) is 0 Å². The minimum Gasteiger partial charge on any atom is -0.480 e. The van der Waals surface area contributed by atoms with Crippen molar-refractivity contribution in [2.75, 3.05) is 13.7 Å². The van der Waals surface area contributed by atoms with Crippen molar-refractivity contribution < 1.29 is 19.4 Å². The molecule has 0 aliphatic heterocycles. The number of carbonyl (C=O) groups is 2. The zero-order valence-electron chi connectivity index (χ0n) is 12.0. The average Bonchev–Trinajstić information content (AvgIpc) is 2.80. The summed E-state index contributed by atoms with van der Waals surface area (Å²) in [6, 6.07) is 0.677. The van der Waals surface area contributed by atoms with Gasteiger partial charge in [-0.05, 0) is 13.8 Å². The molecule has 0 spiro atoms. The van der Waals surface area contributed by atoms with Gasteiger partial charge in [-0.2, -0.15) is 5.10 Å². The number of fused-ring (bicyclic) bond motifs is 1. The van der Waals surface area contributed by atoms with E-state index in [1.165, 1.54) is 13.3 Å². The third kappa shape index (κ3) is 3.00. The number of hydrogen-bond donors (Lipinski definition) is 2. The SMILES string of the molecule is COCC(NC(=O)c1cnc2cc(C)nn2c1C)C(=O)O. The summed E-state index contributed by atoms with van der Waals surface area (Å²) in [5, 5.41) is 15.7. The molecule has 0 fully saturated rings. The molecule has 2 N–H and O–H groups in total. The molecule has 8 heteroatoms. The van der Waals surface area contributed by atoms with Crippen LogP contribution in [-0.2, 0) is 9.53 Å². The number of aromatic nitrogens is 3. The Hall–Kier alpha value is -2.48. The third-order valence-corrected chi connectivity index (χ3v) is 3.03. The van der Waals surface area contributed by atoms with Crippen LogP contribution in [0, 0.1) is 13.8 Å². The highest BCUT2D eigenvalue weighted by Crippen LogP contribution is 2.11. The normalized spacial score (nSPS) is 12.3. The van der Waals surface area contributed by atoms with Crippen LogP contribution in [0.1, 0.15) is 21.7 Å². The Bertz CT molecular complexity index is 695. The standard InChI is InChI=1S/C13H16N4O4/c1-7-4-11-14-5-9(8(2)17(11)16-7)12(18)15-10(6-21-3)13(19)20/h4-5,10H,6H2,1-3H3,(H,15,18)(H,19,20). The minimum absolute atomic E-state index is 0.114. The van der Waals surface area contributed by atoms with Crippen LogP contribution in [0.2, 0.25) is 0 Å². The molecule has 1 unspecified atom stereocenters. The Kier molecular flexibility index (Phi) is 4.18. The Morgan fingerprint density at radius 1 is 1.48 bits per heavy atom. The van der Waals surface area contributed by atoms with Crippen LogP contribution in [0.15, 0.2) is 12.3 Å². The number of hydrogen-bond acceptors (Lipinski definition) is 5. The van der Waals surface area contributed by atoms with E-state index >= 15 is 0 Å². The zero-order valence-corrected chi connectivity index (χ0v) is 12.0. The Morgan fingerprint density at radius 3 is 2.81 bits per heavy atom. The number of ether oxygens (including phenoxy) is 1. The van der Waals surface area contributed by atoms with E-state index in [1.807, 2.05) is 6.92 Å². The lowest BCUT2D eigenvalue weighted by Crippen LogP contribution is -2.44. The molecular formula is C13H16N4O4. The Morgan fingerprint density at radius 2 is 2.19 bits per heavy atom. The number of amides is 1. The quantitative estimate of drug-likeness (QED) is 0.814. The molecule has 0 saturated heterocycles. The lowest BCUT2D eigenvalue weighted by atomic mass is 10.2. The first-order valence-electron chi connectivity index (χ1n) is 6.28. The van der Waals surface area contributed by atoms with Crippen molar-refractivity contribution >= 4 is 17.5 Å². The van der Waals surface area contributed by atoms with E-state index in [4.69, 9.17) is 9.84 Å². The summed E-state index contributed by atoms with van der Waals surface area (Å²) >= 11 is 0. The van der Waals surface area contributed by atoms with Crippen molar-refractivity contribution in [3.05, 3.63) is 29.2 Å². The van der Waals surface area contributed by atoms with Gasteiger partial charge in [-0.3, -0.25) is 4.79 Å².